The Bertz CT molecular complexity index is 979. The van der Waals surface area contributed by atoms with Crippen molar-refractivity contribution >= 4 is 39.3 Å². The van der Waals surface area contributed by atoms with Crippen LogP contribution < -0.4 is 16.0 Å². The van der Waals surface area contributed by atoms with E-state index in [0.29, 0.717) is 25.0 Å². The second-order valence-electron chi connectivity index (χ2n) is 9.66. The maximum absolute atomic E-state index is 13.2. The van der Waals surface area contributed by atoms with Gasteiger partial charge >= 0.3 is 0 Å². The van der Waals surface area contributed by atoms with E-state index in [2.05, 4.69) is 16.0 Å². The first kappa shape index (κ1) is 31.7. The Kier molecular flexibility index (Phi) is 13.8. The lowest BCUT2D eigenvalue weighted by atomic mass is 9.99. The normalized spacial score (nSPS) is 14.4. The quantitative estimate of drug-likeness (QED) is 0.314. The lowest BCUT2D eigenvalue weighted by Crippen LogP contribution is -2.55. The molecule has 3 atom stereocenters. The molecular weight excluding hydrogens is 498 g/mol. The molecule has 0 heterocycles. The molecule has 3 N–H and O–H groups in total. The largest absolute Gasteiger partial charge is 0.348 e. The van der Waals surface area contributed by atoms with E-state index in [1.807, 2.05) is 34.0 Å². The van der Waals surface area contributed by atoms with Crippen LogP contribution in [0.5, 0.6) is 0 Å². The van der Waals surface area contributed by atoms with E-state index in [0.717, 1.165) is 5.41 Å². The van der Waals surface area contributed by atoms with Gasteiger partial charge in [-0.25, -0.2) is 8.42 Å². The Balaban J connectivity index is 3.07. The number of benzene rings is 1. The number of carbonyl (C=O) groups excluding carboxylic acids is 3. The second-order valence-corrected chi connectivity index (χ2v) is 12.5. The van der Waals surface area contributed by atoms with Gasteiger partial charge in [0.05, 0.1) is 4.90 Å². The van der Waals surface area contributed by atoms with E-state index in [9.17, 15) is 22.8 Å². The maximum Gasteiger partial charge on any atom is 0.243 e. The fourth-order valence-electron chi connectivity index (χ4n) is 3.56. The third kappa shape index (κ3) is 12.1. The maximum atomic E-state index is 13.2. The zero-order chi connectivity index (χ0) is 27.3. The van der Waals surface area contributed by atoms with Crippen LogP contribution in [0, 0.1) is 11.8 Å². The van der Waals surface area contributed by atoms with Crippen LogP contribution in [-0.2, 0) is 24.2 Å². The lowest BCUT2D eigenvalue weighted by Gasteiger charge is -2.26. The molecule has 0 unspecified atom stereocenters. The van der Waals surface area contributed by atoms with Crippen LogP contribution in [0.2, 0.25) is 0 Å². The van der Waals surface area contributed by atoms with Crippen LogP contribution >= 0.6 is 11.8 Å². The van der Waals surface area contributed by atoms with Crippen molar-refractivity contribution in [2.75, 3.05) is 12.0 Å². The molecule has 8 nitrogen and oxygen atoms in total. The van der Waals surface area contributed by atoms with E-state index in [-0.39, 0.29) is 22.6 Å². The molecule has 0 aliphatic carbocycles. The van der Waals surface area contributed by atoms with E-state index in [1.165, 1.54) is 25.1 Å². The lowest BCUT2D eigenvalue weighted by molar-refractivity contribution is -0.132. The first-order valence-corrected chi connectivity index (χ1v) is 15.1. The average molecular weight is 540 g/mol. The molecular formula is C26H41N3O5S2. The third-order valence-electron chi connectivity index (χ3n) is 5.26. The molecule has 3 amide bonds. The molecule has 10 heteroatoms. The molecule has 0 bridgehead atoms. The van der Waals surface area contributed by atoms with Crippen LogP contribution in [0.25, 0.3) is 0 Å². The summed E-state index contributed by atoms with van der Waals surface area (Å²) in [5.41, 5.74) is 0. The van der Waals surface area contributed by atoms with E-state index >= 15 is 0 Å². The fourth-order valence-corrected chi connectivity index (χ4v) is 5.13. The Hall–Kier alpha value is -2.33. The molecule has 1 aromatic rings. The first-order chi connectivity index (χ1) is 16.9. The summed E-state index contributed by atoms with van der Waals surface area (Å²) in [4.78, 5) is 38.0. The highest BCUT2D eigenvalue weighted by Gasteiger charge is 2.28. The summed E-state index contributed by atoms with van der Waals surface area (Å²) in [7, 11) is -3.66. The standard InChI is InChI=1S/C26H41N3O5S2/c1-18(2)16-23(27-20(5)30)26(32)29-24(17-19(3)4)25(31)28-21(12-14-35-6)13-15-36(33,34)22-10-8-7-9-11-22/h7-11,13,15,18-19,21,23-24H,12,14,16-17H2,1-6H3,(H,27,30)(H,28,31)(H,29,32)/b15-13+/t21-,23-,24-/m0/s1. The summed E-state index contributed by atoms with van der Waals surface area (Å²) in [5, 5.41) is 9.50. The van der Waals surface area contributed by atoms with Gasteiger partial charge in [-0.1, -0.05) is 52.0 Å². The number of sulfone groups is 1. The number of rotatable bonds is 15. The Morgan fingerprint density at radius 2 is 1.42 bits per heavy atom. The molecule has 0 saturated heterocycles. The number of thioether (sulfide) groups is 1. The van der Waals surface area contributed by atoms with Gasteiger partial charge < -0.3 is 16.0 Å². The summed E-state index contributed by atoms with van der Waals surface area (Å²) >= 11 is 1.59. The summed E-state index contributed by atoms with van der Waals surface area (Å²) in [6.45, 7) is 9.15. The molecule has 1 aromatic carbocycles. The van der Waals surface area contributed by atoms with Crippen molar-refractivity contribution in [3.05, 3.63) is 41.8 Å². The molecule has 0 saturated carbocycles. The van der Waals surface area contributed by atoms with Crippen LogP contribution in [0.3, 0.4) is 0 Å². The summed E-state index contributed by atoms with van der Waals surface area (Å²) in [6, 6.07) is 5.99. The van der Waals surface area contributed by atoms with Gasteiger partial charge in [0.25, 0.3) is 0 Å². The minimum atomic E-state index is -3.66. The molecule has 1 rings (SSSR count). The second kappa shape index (κ2) is 15.7. The first-order valence-electron chi connectivity index (χ1n) is 12.2. The zero-order valence-corrected chi connectivity index (χ0v) is 23.7. The van der Waals surface area contributed by atoms with Gasteiger partial charge in [-0.3, -0.25) is 14.4 Å². The Morgan fingerprint density at radius 1 is 0.889 bits per heavy atom. The number of carbonyl (C=O) groups is 3. The van der Waals surface area contributed by atoms with Gasteiger partial charge in [-0.05, 0) is 55.2 Å². The molecule has 0 spiro atoms. The van der Waals surface area contributed by atoms with E-state index in [4.69, 9.17) is 0 Å². The van der Waals surface area contributed by atoms with Crippen LogP contribution in [-0.4, -0.2) is 56.3 Å². The Morgan fingerprint density at radius 3 is 1.92 bits per heavy atom. The minimum absolute atomic E-state index is 0.115. The average Bonchev–Trinajstić information content (AvgIpc) is 2.79. The predicted octanol–water partition coefficient (Wildman–Crippen LogP) is 3.29. The van der Waals surface area contributed by atoms with Crippen molar-refractivity contribution in [2.45, 2.75) is 76.9 Å². The number of hydrogen-bond donors (Lipinski definition) is 3. The smallest absolute Gasteiger partial charge is 0.243 e. The fraction of sp³-hybridized carbons (Fsp3) is 0.577. The van der Waals surface area contributed by atoms with Crippen molar-refractivity contribution in [2.24, 2.45) is 11.8 Å². The van der Waals surface area contributed by atoms with Gasteiger partial charge in [-0.15, -0.1) is 0 Å². The highest BCUT2D eigenvalue weighted by Crippen LogP contribution is 2.14. The molecule has 0 radical (unpaired) electrons. The van der Waals surface area contributed by atoms with Crippen molar-refractivity contribution in [3.8, 4) is 0 Å². The number of nitrogens with one attached hydrogen (secondary N) is 3. The van der Waals surface area contributed by atoms with Gasteiger partial charge in [0.1, 0.15) is 12.1 Å². The molecule has 0 aromatic heterocycles. The highest BCUT2D eigenvalue weighted by atomic mass is 32.2. The van der Waals surface area contributed by atoms with E-state index in [1.54, 1.807) is 30.0 Å². The monoisotopic (exact) mass is 539 g/mol. The van der Waals surface area contributed by atoms with Crippen LogP contribution in [0.15, 0.2) is 46.7 Å². The molecule has 202 valence electrons. The summed E-state index contributed by atoms with van der Waals surface area (Å²) < 4.78 is 25.4. The predicted molar refractivity (Wildman–Crippen MR) is 146 cm³/mol. The third-order valence-corrected chi connectivity index (χ3v) is 7.35. The minimum Gasteiger partial charge on any atom is -0.348 e. The zero-order valence-electron chi connectivity index (χ0n) is 22.1. The van der Waals surface area contributed by atoms with E-state index < -0.39 is 39.8 Å². The van der Waals surface area contributed by atoms with Gasteiger partial charge in [0.2, 0.25) is 17.7 Å². The summed E-state index contributed by atoms with van der Waals surface area (Å²) in [5.74, 6) is -0.135. The molecule has 0 fully saturated rings. The van der Waals surface area contributed by atoms with Gasteiger partial charge in [0.15, 0.2) is 9.84 Å². The Labute approximate surface area is 220 Å². The van der Waals surface area contributed by atoms with Crippen LogP contribution in [0.1, 0.15) is 53.9 Å². The van der Waals surface area contributed by atoms with Crippen LogP contribution in [0.4, 0.5) is 0 Å². The summed E-state index contributed by atoms with van der Waals surface area (Å²) in [6.07, 6.45) is 4.79. The SMILES string of the molecule is CSCC[C@@H](/C=C/S(=O)(=O)c1ccccc1)NC(=O)[C@H](CC(C)C)NC(=O)[C@H](CC(C)C)NC(C)=O. The molecule has 0 aliphatic rings. The van der Waals surface area contributed by atoms with Gasteiger partial charge in [0, 0.05) is 18.4 Å². The topological polar surface area (TPSA) is 121 Å². The van der Waals surface area contributed by atoms with Gasteiger partial charge in [-0.2, -0.15) is 11.8 Å². The highest BCUT2D eigenvalue weighted by molar-refractivity contribution is 7.98. The van der Waals surface area contributed by atoms with Crippen molar-refractivity contribution in [3.63, 3.8) is 0 Å². The number of hydrogen-bond acceptors (Lipinski definition) is 6. The number of amides is 3. The molecule has 0 aliphatic heterocycles. The van der Waals surface area contributed by atoms with Crippen molar-refractivity contribution in [1.82, 2.24) is 16.0 Å². The van der Waals surface area contributed by atoms with Crippen molar-refractivity contribution in [1.29, 1.82) is 0 Å². The molecule has 36 heavy (non-hydrogen) atoms. The van der Waals surface area contributed by atoms with Crippen molar-refractivity contribution < 1.29 is 22.8 Å².